The molecule has 0 unspecified atom stereocenters. The molecule has 0 saturated carbocycles. The second-order valence-corrected chi connectivity index (χ2v) is 6.83. The number of benzene rings is 1. The Bertz CT molecular complexity index is 879. The highest BCUT2D eigenvalue weighted by Crippen LogP contribution is 2.30. The van der Waals surface area contributed by atoms with Crippen molar-refractivity contribution in [1.82, 2.24) is 14.8 Å². The van der Waals surface area contributed by atoms with E-state index in [1.165, 1.54) is 6.07 Å². The minimum absolute atomic E-state index is 0.0254. The van der Waals surface area contributed by atoms with Crippen LogP contribution < -0.4 is 0 Å². The Morgan fingerprint density at radius 1 is 1.27 bits per heavy atom. The zero-order chi connectivity index (χ0) is 18.4. The van der Waals surface area contributed by atoms with Crippen molar-refractivity contribution in [3.8, 4) is 11.5 Å². The maximum Gasteiger partial charge on any atom is 0.246 e. The molecule has 0 bridgehead atoms. The largest absolute Gasteiger partial charge is 0.441 e. The van der Waals surface area contributed by atoms with Crippen molar-refractivity contribution in [3.63, 3.8) is 0 Å². The number of piperazine rings is 1. The zero-order valence-electron chi connectivity index (χ0n) is 14.7. The predicted molar refractivity (Wildman–Crippen MR) is 91.4 cm³/mol. The molecule has 136 valence electrons. The first-order chi connectivity index (χ1) is 12.5. The Hall–Kier alpha value is -2.70. The molecule has 2 aliphatic rings. The van der Waals surface area contributed by atoms with E-state index in [0.29, 0.717) is 24.4 Å². The van der Waals surface area contributed by atoms with E-state index in [-0.39, 0.29) is 35.9 Å². The summed E-state index contributed by atoms with van der Waals surface area (Å²) in [5, 5.41) is 0. The fraction of sp³-hybridized carbons (Fsp3) is 0.421. The first kappa shape index (κ1) is 16.8. The van der Waals surface area contributed by atoms with Gasteiger partial charge in [0.15, 0.2) is 0 Å². The molecule has 26 heavy (non-hydrogen) atoms. The second-order valence-electron chi connectivity index (χ2n) is 6.83. The van der Waals surface area contributed by atoms with E-state index in [0.717, 1.165) is 6.42 Å². The number of fused-ring (bicyclic) bond motifs is 1. The highest BCUT2D eigenvalue weighted by molar-refractivity contribution is 5.97. The number of hydrogen-bond donors (Lipinski definition) is 0. The molecular formula is C19H20FN3O3. The molecule has 2 amide bonds. The molecule has 1 aromatic heterocycles. The Morgan fingerprint density at radius 2 is 2.04 bits per heavy atom. The van der Waals surface area contributed by atoms with E-state index in [1.807, 2.05) is 0 Å². The number of hydrogen-bond acceptors (Lipinski definition) is 4. The third-order valence-electron chi connectivity index (χ3n) is 5.25. The van der Waals surface area contributed by atoms with Crippen LogP contribution in [0.5, 0.6) is 0 Å². The number of nitrogens with zero attached hydrogens (tertiary/aromatic N) is 3. The summed E-state index contributed by atoms with van der Waals surface area (Å²) in [6, 6.07) is 5.35. The summed E-state index contributed by atoms with van der Waals surface area (Å²) in [5.74, 6) is 0.206. The van der Waals surface area contributed by atoms with Crippen LogP contribution in [0.1, 0.15) is 31.2 Å². The lowest BCUT2D eigenvalue weighted by Gasteiger charge is -2.40. The van der Waals surface area contributed by atoms with E-state index < -0.39 is 11.9 Å². The van der Waals surface area contributed by atoms with Crippen molar-refractivity contribution in [2.75, 3.05) is 6.54 Å². The van der Waals surface area contributed by atoms with Crippen LogP contribution in [0.15, 0.2) is 28.7 Å². The van der Waals surface area contributed by atoms with Crippen molar-refractivity contribution in [2.45, 2.75) is 45.3 Å². The summed E-state index contributed by atoms with van der Waals surface area (Å²) >= 11 is 0. The molecule has 2 aliphatic heterocycles. The van der Waals surface area contributed by atoms with Crippen LogP contribution in [0.4, 0.5) is 4.39 Å². The average molecular weight is 357 g/mol. The molecule has 0 radical (unpaired) electrons. The van der Waals surface area contributed by atoms with Gasteiger partial charge < -0.3 is 14.2 Å². The highest BCUT2D eigenvalue weighted by Gasteiger charge is 2.46. The number of rotatable bonds is 3. The molecular weight excluding hydrogens is 337 g/mol. The molecule has 3 heterocycles. The Morgan fingerprint density at radius 3 is 2.81 bits per heavy atom. The number of oxazole rings is 1. The summed E-state index contributed by atoms with van der Waals surface area (Å²) in [7, 11) is 0. The van der Waals surface area contributed by atoms with Gasteiger partial charge in [0.25, 0.3) is 0 Å². The molecule has 4 rings (SSSR count). The SMILES string of the molecule is Cc1oc(-c2ccccc2F)nc1CN1C(=O)[C@H]2CCCN2C(=O)[C@@H]1C. The standard InChI is InChI=1S/C19H20FN3O3/c1-11-18(24)22-9-5-8-16(22)19(25)23(11)10-15-12(2)26-17(21-15)13-6-3-4-7-14(13)20/h3-4,6-7,11,16H,5,8-10H2,1-2H3/t11-,16+/m0/s1. The summed E-state index contributed by atoms with van der Waals surface area (Å²) in [4.78, 5) is 33.0. The van der Waals surface area contributed by atoms with Crippen LogP contribution in [-0.4, -0.2) is 45.2 Å². The zero-order valence-corrected chi connectivity index (χ0v) is 14.7. The first-order valence-corrected chi connectivity index (χ1v) is 8.79. The number of carbonyl (C=O) groups excluding carboxylic acids is 2. The number of carbonyl (C=O) groups is 2. The van der Waals surface area contributed by atoms with Gasteiger partial charge in [0, 0.05) is 6.54 Å². The Labute approximate surface area is 150 Å². The van der Waals surface area contributed by atoms with Gasteiger partial charge in [-0.3, -0.25) is 9.59 Å². The highest BCUT2D eigenvalue weighted by atomic mass is 19.1. The van der Waals surface area contributed by atoms with E-state index in [9.17, 15) is 14.0 Å². The van der Waals surface area contributed by atoms with Gasteiger partial charge in [0.05, 0.1) is 12.1 Å². The lowest BCUT2D eigenvalue weighted by molar-refractivity contribution is -0.159. The topological polar surface area (TPSA) is 66.7 Å². The van der Waals surface area contributed by atoms with E-state index in [4.69, 9.17) is 4.42 Å². The van der Waals surface area contributed by atoms with Crippen molar-refractivity contribution in [2.24, 2.45) is 0 Å². The summed E-state index contributed by atoms with van der Waals surface area (Å²) in [6.07, 6.45) is 1.55. The van der Waals surface area contributed by atoms with Crippen LogP contribution >= 0.6 is 0 Å². The second kappa shape index (κ2) is 6.23. The minimum Gasteiger partial charge on any atom is -0.441 e. The number of halogens is 1. The van der Waals surface area contributed by atoms with Gasteiger partial charge in [-0.25, -0.2) is 9.37 Å². The molecule has 0 aliphatic carbocycles. The number of aromatic nitrogens is 1. The van der Waals surface area contributed by atoms with Gasteiger partial charge in [-0.2, -0.15) is 0 Å². The van der Waals surface area contributed by atoms with E-state index in [2.05, 4.69) is 4.98 Å². The maximum atomic E-state index is 14.0. The van der Waals surface area contributed by atoms with Gasteiger partial charge in [0.2, 0.25) is 17.7 Å². The lowest BCUT2D eigenvalue weighted by Crippen LogP contribution is -2.61. The van der Waals surface area contributed by atoms with Crippen LogP contribution in [-0.2, 0) is 16.1 Å². The number of aryl methyl sites for hydroxylation is 1. The summed E-state index contributed by atoms with van der Waals surface area (Å²) in [6.45, 7) is 4.30. The van der Waals surface area contributed by atoms with Crippen molar-refractivity contribution >= 4 is 11.8 Å². The van der Waals surface area contributed by atoms with Gasteiger partial charge in [-0.15, -0.1) is 0 Å². The van der Waals surface area contributed by atoms with Crippen LogP contribution in [0, 0.1) is 12.7 Å². The predicted octanol–water partition coefficient (Wildman–Crippen LogP) is 2.51. The molecule has 2 aromatic rings. The van der Waals surface area contributed by atoms with Crippen molar-refractivity contribution in [3.05, 3.63) is 41.5 Å². The van der Waals surface area contributed by atoms with Crippen LogP contribution in [0.3, 0.4) is 0 Å². The molecule has 1 aromatic carbocycles. The quantitative estimate of drug-likeness (QED) is 0.847. The third-order valence-corrected chi connectivity index (χ3v) is 5.25. The molecule has 2 fully saturated rings. The average Bonchev–Trinajstić information content (AvgIpc) is 3.24. The van der Waals surface area contributed by atoms with E-state index >= 15 is 0 Å². The fourth-order valence-electron chi connectivity index (χ4n) is 3.74. The molecule has 0 N–H and O–H groups in total. The third kappa shape index (κ3) is 2.58. The fourth-order valence-corrected chi connectivity index (χ4v) is 3.74. The molecule has 2 saturated heterocycles. The van der Waals surface area contributed by atoms with E-state index in [1.54, 1.807) is 41.8 Å². The van der Waals surface area contributed by atoms with Gasteiger partial charge in [0.1, 0.15) is 29.4 Å². The van der Waals surface area contributed by atoms with Crippen molar-refractivity contribution in [1.29, 1.82) is 0 Å². The first-order valence-electron chi connectivity index (χ1n) is 8.79. The normalized spacial score (nSPS) is 22.9. The number of amides is 2. The van der Waals surface area contributed by atoms with Crippen molar-refractivity contribution < 1.29 is 18.4 Å². The van der Waals surface area contributed by atoms with Crippen LogP contribution in [0.2, 0.25) is 0 Å². The van der Waals surface area contributed by atoms with Gasteiger partial charge in [-0.05, 0) is 38.8 Å². The molecule has 0 spiro atoms. The summed E-state index contributed by atoms with van der Waals surface area (Å²) < 4.78 is 19.6. The molecule has 7 heteroatoms. The Balaban J connectivity index is 1.62. The molecule has 6 nitrogen and oxygen atoms in total. The van der Waals surface area contributed by atoms with Crippen LogP contribution in [0.25, 0.3) is 11.5 Å². The molecule has 2 atom stereocenters. The minimum atomic E-state index is -0.537. The smallest absolute Gasteiger partial charge is 0.246 e. The lowest BCUT2D eigenvalue weighted by atomic mass is 10.1. The Kier molecular flexibility index (Phi) is 4.01. The summed E-state index contributed by atoms with van der Waals surface area (Å²) in [5.41, 5.74) is 0.820. The van der Waals surface area contributed by atoms with Gasteiger partial charge >= 0.3 is 0 Å². The van der Waals surface area contributed by atoms with Gasteiger partial charge in [-0.1, -0.05) is 12.1 Å². The monoisotopic (exact) mass is 357 g/mol. The maximum absolute atomic E-state index is 14.0.